The number of carbonyl (C=O) groups excluding carboxylic acids is 2. The van der Waals surface area contributed by atoms with Gasteiger partial charge in [0.2, 0.25) is 11.8 Å². The maximum absolute atomic E-state index is 12.5. The zero-order valence-electron chi connectivity index (χ0n) is 35.9. The maximum atomic E-state index is 12.5. The quantitative estimate of drug-likeness (QED) is 0.0485. The lowest BCUT2D eigenvalue weighted by Gasteiger charge is -2.15. The van der Waals surface area contributed by atoms with Crippen LogP contribution in [0.4, 0.5) is 0 Å². The van der Waals surface area contributed by atoms with Crippen LogP contribution in [0.2, 0.25) is 0 Å². The van der Waals surface area contributed by atoms with Crippen molar-refractivity contribution in [1.29, 1.82) is 0 Å². The van der Waals surface area contributed by atoms with E-state index in [1.54, 1.807) is 0 Å². The zero-order chi connectivity index (χ0) is 38.1. The lowest BCUT2D eigenvalue weighted by molar-refractivity contribution is -0.122. The average molecular weight is 741 g/mol. The lowest BCUT2D eigenvalue weighted by atomic mass is 10.0. The molecule has 1 fully saturated rings. The highest BCUT2D eigenvalue weighted by Gasteiger charge is 2.26. The molecule has 1 saturated carbocycles. The van der Waals surface area contributed by atoms with Crippen LogP contribution >= 0.6 is 0 Å². The van der Waals surface area contributed by atoms with Crippen molar-refractivity contribution in [3.05, 3.63) is 24.3 Å². The van der Waals surface area contributed by atoms with E-state index in [0.29, 0.717) is 12.8 Å². The third-order valence-electron chi connectivity index (χ3n) is 11.5. The van der Waals surface area contributed by atoms with E-state index in [4.69, 9.17) is 0 Å². The number of rotatable bonds is 40. The molecule has 2 N–H and O–H groups in total. The SMILES string of the molecule is CCCCCCCC/C=C\CCCCCCCCCCCC(=O)N[C@@H]1CC[C@H](NC(=O)CCCCCCCCCCC/C=C\CCCCCCCC)C1. The molecule has 4 nitrogen and oxygen atoms in total. The van der Waals surface area contributed by atoms with Gasteiger partial charge in [-0.25, -0.2) is 0 Å². The standard InChI is InChI=1S/C49H92N2O2/c1-3-5-7-9-11-13-15-17-19-21-23-25-27-29-31-33-35-37-39-41-48(52)50-46-43-44-47(45-46)51-49(53)42-40-38-36-34-32-30-28-26-24-22-20-18-16-14-12-10-8-6-4-2/h17-20,46-47H,3-16,21-45H2,1-2H3,(H,50,52)(H,51,53)/b19-17-,20-18-/t46-,47+. The molecule has 0 saturated heterocycles. The molecule has 0 unspecified atom stereocenters. The Hall–Kier alpha value is -1.58. The van der Waals surface area contributed by atoms with Crippen LogP contribution in [0, 0.1) is 0 Å². The topological polar surface area (TPSA) is 58.2 Å². The van der Waals surface area contributed by atoms with Gasteiger partial charge < -0.3 is 10.6 Å². The molecule has 0 aliphatic heterocycles. The monoisotopic (exact) mass is 741 g/mol. The lowest BCUT2D eigenvalue weighted by Crippen LogP contribution is -2.37. The van der Waals surface area contributed by atoms with Crippen molar-refractivity contribution < 1.29 is 9.59 Å². The van der Waals surface area contributed by atoms with Gasteiger partial charge in [0.25, 0.3) is 0 Å². The van der Waals surface area contributed by atoms with Gasteiger partial charge in [-0.05, 0) is 83.5 Å². The summed E-state index contributed by atoms with van der Waals surface area (Å²) in [5, 5.41) is 6.50. The average Bonchev–Trinajstić information content (AvgIpc) is 3.59. The molecule has 4 heteroatoms. The summed E-state index contributed by atoms with van der Waals surface area (Å²) in [5.74, 6) is 0.406. The smallest absolute Gasteiger partial charge is 0.220 e. The molecule has 0 aromatic carbocycles. The molecule has 0 aromatic heterocycles. The van der Waals surface area contributed by atoms with Crippen LogP contribution in [0.3, 0.4) is 0 Å². The fourth-order valence-corrected chi connectivity index (χ4v) is 7.97. The summed E-state index contributed by atoms with van der Waals surface area (Å²) in [6.45, 7) is 4.57. The van der Waals surface area contributed by atoms with E-state index in [9.17, 15) is 9.59 Å². The largest absolute Gasteiger partial charge is 0.353 e. The summed E-state index contributed by atoms with van der Waals surface area (Å²) in [6, 6.07) is 0.463. The molecule has 2 atom stereocenters. The van der Waals surface area contributed by atoms with Gasteiger partial charge in [-0.2, -0.15) is 0 Å². The minimum absolute atomic E-state index is 0.203. The summed E-state index contributed by atoms with van der Waals surface area (Å²) in [4.78, 5) is 25.0. The maximum Gasteiger partial charge on any atom is 0.220 e. The molecule has 0 heterocycles. The van der Waals surface area contributed by atoms with Gasteiger partial charge in [-0.15, -0.1) is 0 Å². The number of carbonyl (C=O) groups is 2. The summed E-state index contributed by atoms with van der Waals surface area (Å²) >= 11 is 0. The normalized spacial score (nSPS) is 16.0. The Bertz CT molecular complexity index is 783. The van der Waals surface area contributed by atoms with Gasteiger partial charge in [0.1, 0.15) is 0 Å². The van der Waals surface area contributed by atoms with Crippen molar-refractivity contribution in [2.45, 2.75) is 276 Å². The number of hydrogen-bond donors (Lipinski definition) is 2. The zero-order valence-corrected chi connectivity index (χ0v) is 35.9. The van der Waals surface area contributed by atoms with Crippen LogP contribution in [-0.4, -0.2) is 23.9 Å². The van der Waals surface area contributed by atoms with Crippen LogP contribution in [0.1, 0.15) is 264 Å². The second-order valence-corrected chi connectivity index (χ2v) is 16.8. The third kappa shape index (κ3) is 35.9. The van der Waals surface area contributed by atoms with Crippen LogP contribution < -0.4 is 10.6 Å². The predicted octanol–water partition coefficient (Wildman–Crippen LogP) is 15.3. The van der Waals surface area contributed by atoms with Gasteiger partial charge in [0.15, 0.2) is 0 Å². The molecule has 0 bridgehead atoms. The second kappa shape index (κ2) is 40.1. The molecule has 53 heavy (non-hydrogen) atoms. The highest BCUT2D eigenvalue weighted by Crippen LogP contribution is 2.20. The molecule has 1 aliphatic rings. The van der Waals surface area contributed by atoms with E-state index in [0.717, 1.165) is 44.9 Å². The van der Waals surface area contributed by atoms with E-state index in [-0.39, 0.29) is 23.9 Å². The minimum atomic E-state index is 0.203. The Labute approximate surface area is 331 Å². The first kappa shape index (κ1) is 49.4. The first-order chi connectivity index (χ1) is 26.2. The van der Waals surface area contributed by atoms with Crippen LogP contribution in [0.25, 0.3) is 0 Å². The fraction of sp³-hybridized carbons (Fsp3) is 0.878. The van der Waals surface area contributed by atoms with Gasteiger partial charge in [-0.3, -0.25) is 9.59 Å². The second-order valence-electron chi connectivity index (χ2n) is 16.8. The van der Waals surface area contributed by atoms with Crippen molar-refractivity contribution in [3.63, 3.8) is 0 Å². The Morgan fingerprint density at radius 3 is 0.906 bits per heavy atom. The van der Waals surface area contributed by atoms with E-state index in [1.807, 2.05) is 0 Å². The Morgan fingerprint density at radius 2 is 0.623 bits per heavy atom. The van der Waals surface area contributed by atoms with Crippen molar-refractivity contribution >= 4 is 11.8 Å². The number of hydrogen-bond acceptors (Lipinski definition) is 2. The summed E-state index contributed by atoms with van der Waals surface area (Å²) in [5.41, 5.74) is 0. The number of unbranched alkanes of at least 4 members (excludes halogenated alkanes) is 30. The number of amides is 2. The Kier molecular flexibility index (Phi) is 37.4. The number of allylic oxidation sites excluding steroid dienone is 4. The first-order valence-electron chi connectivity index (χ1n) is 24.0. The van der Waals surface area contributed by atoms with Crippen molar-refractivity contribution in [3.8, 4) is 0 Å². The molecule has 310 valence electrons. The fourth-order valence-electron chi connectivity index (χ4n) is 7.97. The Morgan fingerprint density at radius 1 is 0.377 bits per heavy atom. The van der Waals surface area contributed by atoms with E-state index in [2.05, 4.69) is 48.8 Å². The minimum Gasteiger partial charge on any atom is -0.353 e. The van der Waals surface area contributed by atoms with Crippen LogP contribution in [-0.2, 0) is 9.59 Å². The molecule has 2 amide bonds. The van der Waals surface area contributed by atoms with Gasteiger partial charge in [0, 0.05) is 24.9 Å². The third-order valence-corrected chi connectivity index (χ3v) is 11.5. The molecule has 1 rings (SSSR count). The predicted molar refractivity (Wildman–Crippen MR) is 234 cm³/mol. The Balaban J connectivity index is 1.83. The van der Waals surface area contributed by atoms with Crippen molar-refractivity contribution in [2.75, 3.05) is 0 Å². The van der Waals surface area contributed by atoms with E-state index in [1.165, 1.54) is 193 Å². The van der Waals surface area contributed by atoms with E-state index < -0.39 is 0 Å². The van der Waals surface area contributed by atoms with Gasteiger partial charge in [-0.1, -0.05) is 192 Å². The van der Waals surface area contributed by atoms with Crippen LogP contribution in [0.5, 0.6) is 0 Å². The van der Waals surface area contributed by atoms with Crippen LogP contribution in [0.15, 0.2) is 24.3 Å². The highest BCUT2D eigenvalue weighted by molar-refractivity contribution is 5.77. The summed E-state index contributed by atoms with van der Waals surface area (Å²) in [6.07, 6.45) is 58.6. The van der Waals surface area contributed by atoms with Crippen molar-refractivity contribution in [2.24, 2.45) is 0 Å². The molecular weight excluding hydrogens is 649 g/mol. The summed E-state index contributed by atoms with van der Waals surface area (Å²) in [7, 11) is 0. The molecule has 0 radical (unpaired) electrons. The number of nitrogens with one attached hydrogen (secondary N) is 2. The molecule has 0 spiro atoms. The molecule has 1 aliphatic carbocycles. The van der Waals surface area contributed by atoms with Gasteiger partial charge in [0.05, 0.1) is 0 Å². The van der Waals surface area contributed by atoms with Gasteiger partial charge >= 0.3 is 0 Å². The van der Waals surface area contributed by atoms with Crippen molar-refractivity contribution in [1.82, 2.24) is 10.6 Å². The first-order valence-corrected chi connectivity index (χ1v) is 24.0. The highest BCUT2D eigenvalue weighted by atomic mass is 16.2. The molecular formula is C49H92N2O2. The summed E-state index contributed by atoms with van der Waals surface area (Å²) < 4.78 is 0. The van der Waals surface area contributed by atoms with E-state index >= 15 is 0 Å². The molecule has 0 aromatic rings.